The van der Waals surface area contributed by atoms with Gasteiger partial charge in [-0.15, -0.1) is 0 Å². The van der Waals surface area contributed by atoms with Crippen LogP contribution in [0, 0.1) is 5.92 Å². The molecule has 1 fully saturated rings. The van der Waals surface area contributed by atoms with Gasteiger partial charge in [0.25, 0.3) is 0 Å². The van der Waals surface area contributed by atoms with Crippen LogP contribution in [-0.2, 0) is 6.42 Å². The molecule has 1 aromatic carbocycles. The van der Waals surface area contributed by atoms with Gasteiger partial charge in [0.05, 0.1) is 6.10 Å². The topological polar surface area (TPSA) is 38.7 Å². The Balaban J connectivity index is 1.61. The van der Waals surface area contributed by atoms with E-state index in [1.165, 1.54) is 18.4 Å². The zero-order valence-corrected chi connectivity index (χ0v) is 9.19. The largest absolute Gasteiger partial charge is 0.454 e. The lowest BCUT2D eigenvalue weighted by molar-refractivity contribution is 0.142. The molecule has 1 aliphatic heterocycles. The quantitative estimate of drug-likeness (QED) is 0.844. The van der Waals surface area contributed by atoms with E-state index in [1.54, 1.807) is 0 Å². The van der Waals surface area contributed by atoms with Crippen molar-refractivity contribution in [1.82, 2.24) is 0 Å². The van der Waals surface area contributed by atoms with Crippen molar-refractivity contribution in [3.05, 3.63) is 23.8 Å². The number of benzene rings is 1. The summed E-state index contributed by atoms with van der Waals surface area (Å²) in [7, 11) is 0. The van der Waals surface area contributed by atoms with E-state index in [2.05, 4.69) is 0 Å². The molecule has 2 aliphatic rings. The Morgan fingerprint density at radius 2 is 2.06 bits per heavy atom. The highest BCUT2D eigenvalue weighted by Gasteiger charge is 2.29. The summed E-state index contributed by atoms with van der Waals surface area (Å²) in [6.07, 6.45) is 4.04. The van der Waals surface area contributed by atoms with Gasteiger partial charge in [-0.1, -0.05) is 6.07 Å². The van der Waals surface area contributed by atoms with Crippen LogP contribution in [0.5, 0.6) is 11.5 Å². The number of ether oxygens (including phenoxy) is 2. The molecule has 0 amide bonds. The maximum absolute atomic E-state index is 9.79. The standard InChI is InChI=1S/C13H16O3/c14-11(10-3-4-10)5-1-9-2-6-12-13(7-9)16-8-15-12/h2,6-7,10-11,14H,1,3-5,8H2. The molecule has 0 aromatic heterocycles. The van der Waals surface area contributed by atoms with E-state index in [9.17, 15) is 5.11 Å². The van der Waals surface area contributed by atoms with E-state index in [0.717, 1.165) is 24.3 Å². The first kappa shape index (κ1) is 9.97. The average Bonchev–Trinajstić information content (AvgIpc) is 3.04. The van der Waals surface area contributed by atoms with Crippen molar-refractivity contribution in [3.63, 3.8) is 0 Å². The van der Waals surface area contributed by atoms with Gasteiger partial charge in [-0.3, -0.25) is 0 Å². The number of aryl methyl sites for hydroxylation is 1. The number of fused-ring (bicyclic) bond motifs is 1. The minimum absolute atomic E-state index is 0.120. The first-order chi connectivity index (χ1) is 7.83. The first-order valence-corrected chi connectivity index (χ1v) is 5.89. The van der Waals surface area contributed by atoms with E-state index in [-0.39, 0.29) is 6.10 Å². The van der Waals surface area contributed by atoms with Gasteiger partial charge < -0.3 is 14.6 Å². The normalized spacial score (nSPS) is 19.8. The molecule has 1 heterocycles. The van der Waals surface area contributed by atoms with Crippen molar-refractivity contribution in [3.8, 4) is 11.5 Å². The van der Waals surface area contributed by atoms with E-state index in [4.69, 9.17) is 9.47 Å². The summed E-state index contributed by atoms with van der Waals surface area (Å²) < 4.78 is 10.6. The third-order valence-electron chi connectivity index (χ3n) is 3.33. The summed E-state index contributed by atoms with van der Waals surface area (Å²) in [5.74, 6) is 2.22. The highest BCUT2D eigenvalue weighted by atomic mass is 16.7. The number of rotatable bonds is 4. The molecule has 3 nitrogen and oxygen atoms in total. The first-order valence-electron chi connectivity index (χ1n) is 5.89. The Morgan fingerprint density at radius 3 is 2.88 bits per heavy atom. The monoisotopic (exact) mass is 220 g/mol. The molecule has 86 valence electrons. The Kier molecular flexibility index (Phi) is 2.48. The second kappa shape index (κ2) is 3.98. The molecular formula is C13H16O3. The summed E-state index contributed by atoms with van der Waals surface area (Å²) in [5.41, 5.74) is 1.21. The molecule has 1 saturated carbocycles. The Labute approximate surface area is 95.0 Å². The fourth-order valence-electron chi connectivity index (χ4n) is 2.13. The fourth-order valence-corrected chi connectivity index (χ4v) is 2.13. The van der Waals surface area contributed by atoms with Crippen LogP contribution < -0.4 is 9.47 Å². The summed E-state index contributed by atoms with van der Waals surface area (Å²) in [6.45, 7) is 0.323. The van der Waals surface area contributed by atoms with E-state index < -0.39 is 0 Å². The second-order valence-electron chi connectivity index (χ2n) is 4.63. The predicted octanol–water partition coefficient (Wildman–Crippen LogP) is 2.12. The van der Waals surface area contributed by atoms with E-state index >= 15 is 0 Å². The number of hydrogen-bond donors (Lipinski definition) is 1. The molecule has 3 heteroatoms. The third-order valence-corrected chi connectivity index (χ3v) is 3.33. The lowest BCUT2D eigenvalue weighted by atomic mass is 10.0. The second-order valence-corrected chi connectivity index (χ2v) is 4.63. The van der Waals surface area contributed by atoms with Crippen molar-refractivity contribution >= 4 is 0 Å². The molecule has 0 bridgehead atoms. The van der Waals surface area contributed by atoms with Crippen LogP contribution in [0.2, 0.25) is 0 Å². The maximum atomic E-state index is 9.79. The molecule has 0 radical (unpaired) electrons. The van der Waals surface area contributed by atoms with Gasteiger partial charge in [0.1, 0.15) is 0 Å². The van der Waals surface area contributed by atoms with Crippen LogP contribution in [-0.4, -0.2) is 18.0 Å². The van der Waals surface area contributed by atoms with Gasteiger partial charge in [-0.25, -0.2) is 0 Å². The van der Waals surface area contributed by atoms with Crippen LogP contribution in [0.25, 0.3) is 0 Å². The van der Waals surface area contributed by atoms with E-state index in [1.807, 2.05) is 18.2 Å². The van der Waals surface area contributed by atoms with Gasteiger partial charge in [0, 0.05) is 0 Å². The molecule has 0 spiro atoms. The highest BCUT2D eigenvalue weighted by molar-refractivity contribution is 5.44. The lowest BCUT2D eigenvalue weighted by Gasteiger charge is -2.08. The van der Waals surface area contributed by atoms with Gasteiger partial charge in [0.15, 0.2) is 11.5 Å². The molecular weight excluding hydrogens is 204 g/mol. The van der Waals surface area contributed by atoms with Gasteiger partial charge in [0.2, 0.25) is 6.79 Å². The summed E-state index contributed by atoms with van der Waals surface area (Å²) >= 11 is 0. The van der Waals surface area contributed by atoms with Crippen molar-refractivity contribution in [2.45, 2.75) is 31.8 Å². The number of aliphatic hydroxyl groups excluding tert-OH is 1. The molecule has 16 heavy (non-hydrogen) atoms. The molecule has 0 saturated heterocycles. The summed E-state index contributed by atoms with van der Waals surface area (Å²) in [6, 6.07) is 6.01. The predicted molar refractivity (Wildman–Crippen MR) is 59.6 cm³/mol. The molecule has 1 N–H and O–H groups in total. The van der Waals surface area contributed by atoms with Crippen LogP contribution >= 0.6 is 0 Å². The van der Waals surface area contributed by atoms with E-state index in [0.29, 0.717) is 12.7 Å². The zero-order chi connectivity index (χ0) is 11.0. The molecule has 1 aliphatic carbocycles. The van der Waals surface area contributed by atoms with Gasteiger partial charge >= 0.3 is 0 Å². The average molecular weight is 220 g/mol. The zero-order valence-electron chi connectivity index (χ0n) is 9.19. The van der Waals surface area contributed by atoms with Crippen molar-refractivity contribution < 1.29 is 14.6 Å². The third kappa shape index (κ3) is 2.00. The van der Waals surface area contributed by atoms with Crippen molar-refractivity contribution in [2.24, 2.45) is 5.92 Å². The number of hydrogen-bond acceptors (Lipinski definition) is 3. The molecule has 1 unspecified atom stereocenters. The highest BCUT2D eigenvalue weighted by Crippen LogP contribution is 2.35. The Morgan fingerprint density at radius 1 is 1.25 bits per heavy atom. The summed E-state index contributed by atoms with van der Waals surface area (Å²) in [5, 5.41) is 9.79. The smallest absolute Gasteiger partial charge is 0.231 e. The Hall–Kier alpha value is -1.22. The molecule has 1 aromatic rings. The van der Waals surface area contributed by atoms with Crippen LogP contribution in [0.3, 0.4) is 0 Å². The maximum Gasteiger partial charge on any atom is 0.231 e. The number of aliphatic hydroxyl groups is 1. The van der Waals surface area contributed by atoms with Crippen molar-refractivity contribution in [1.29, 1.82) is 0 Å². The summed E-state index contributed by atoms with van der Waals surface area (Å²) in [4.78, 5) is 0. The van der Waals surface area contributed by atoms with Gasteiger partial charge in [-0.2, -0.15) is 0 Å². The van der Waals surface area contributed by atoms with Crippen LogP contribution in [0.4, 0.5) is 0 Å². The van der Waals surface area contributed by atoms with Crippen LogP contribution in [0.1, 0.15) is 24.8 Å². The van der Waals surface area contributed by atoms with Crippen molar-refractivity contribution in [2.75, 3.05) is 6.79 Å². The minimum Gasteiger partial charge on any atom is -0.454 e. The fraction of sp³-hybridized carbons (Fsp3) is 0.538. The molecule has 3 rings (SSSR count). The lowest BCUT2D eigenvalue weighted by Crippen LogP contribution is -2.10. The minimum atomic E-state index is -0.120. The van der Waals surface area contributed by atoms with Gasteiger partial charge in [-0.05, 0) is 49.3 Å². The SMILES string of the molecule is OC(CCc1ccc2c(c1)OCO2)C1CC1. The van der Waals surface area contributed by atoms with Crippen LogP contribution in [0.15, 0.2) is 18.2 Å². The Bertz CT molecular complexity index is 385. The molecule has 1 atom stereocenters.